The van der Waals surface area contributed by atoms with Gasteiger partial charge in [0, 0.05) is 0 Å². The van der Waals surface area contributed by atoms with E-state index in [0.29, 0.717) is 18.8 Å². The summed E-state index contributed by atoms with van der Waals surface area (Å²) in [5.74, 6) is -0.393. The average molecular weight is 350 g/mol. The summed E-state index contributed by atoms with van der Waals surface area (Å²) in [5, 5.41) is 2.89. The number of hydrogen-bond acceptors (Lipinski definition) is 4. The monoisotopic (exact) mass is 350 g/mol. The maximum absolute atomic E-state index is 13.0. The summed E-state index contributed by atoms with van der Waals surface area (Å²) in [7, 11) is 0. The second-order valence-electron chi connectivity index (χ2n) is 9.01. The molecule has 1 heterocycles. The number of nitrogens with zero attached hydrogens (tertiary/aromatic N) is 1. The van der Waals surface area contributed by atoms with E-state index in [1.165, 1.54) is 6.42 Å². The molecule has 3 fully saturated rings. The van der Waals surface area contributed by atoms with Crippen LogP contribution in [0.1, 0.15) is 72.1 Å². The molecule has 0 aromatic rings. The maximum atomic E-state index is 13.0. The van der Waals surface area contributed by atoms with Gasteiger partial charge in [-0.05, 0) is 56.3 Å². The van der Waals surface area contributed by atoms with E-state index in [4.69, 9.17) is 4.74 Å². The molecule has 3 amide bonds. The highest BCUT2D eigenvalue weighted by Crippen LogP contribution is 2.46. The molecular formula is C19H30N2O4. The first-order valence-electron chi connectivity index (χ1n) is 9.54. The molecule has 2 saturated carbocycles. The van der Waals surface area contributed by atoms with Gasteiger partial charge in [-0.15, -0.1) is 0 Å². The number of imide groups is 1. The summed E-state index contributed by atoms with van der Waals surface area (Å²) >= 11 is 0. The van der Waals surface area contributed by atoms with Crippen molar-refractivity contribution in [1.82, 2.24) is 10.2 Å². The molecule has 0 unspecified atom stereocenters. The molecule has 0 radical (unpaired) electrons. The van der Waals surface area contributed by atoms with E-state index in [0.717, 1.165) is 37.0 Å². The lowest BCUT2D eigenvalue weighted by atomic mass is 9.64. The van der Waals surface area contributed by atoms with Crippen molar-refractivity contribution in [3.05, 3.63) is 0 Å². The Hall–Kier alpha value is -1.59. The van der Waals surface area contributed by atoms with Crippen LogP contribution >= 0.6 is 0 Å². The second kappa shape index (κ2) is 6.61. The van der Waals surface area contributed by atoms with Crippen molar-refractivity contribution >= 4 is 17.9 Å². The zero-order chi connectivity index (χ0) is 18.2. The van der Waals surface area contributed by atoms with Crippen LogP contribution < -0.4 is 5.32 Å². The third-order valence-electron chi connectivity index (χ3n) is 5.76. The van der Waals surface area contributed by atoms with Gasteiger partial charge in [-0.3, -0.25) is 14.5 Å². The Bertz CT molecular complexity index is 568. The van der Waals surface area contributed by atoms with E-state index in [1.54, 1.807) is 0 Å². The molecule has 0 aromatic carbocycles. The number of rotatable bonds is 3. The SMILES string of the molecule is C[C@H]1CC(C)(C)C[C@]2(C1)NC(=O)N(CC(=O)OC1CCCCC1)C2=O. The fourth-order valence-corrected chi connectivity index (χ4v) is 5.18. The smallest absolute Gasteiger partial charge is 0.326 e. The average Bonchev–Trinajstić information content (AvgIpc) is 2.70. The van der Waals surface area contributed by atoms with Gasteiger partial charge in [0.1, 0.15) is 18.2 Å². The predicted molar refractivity (Wildman–Crippen MR) is 92.7 cm³/mol. The van der Waals surface area contributed by atoms with Crippen LogP contribution in [0.3, 0.4) is 0 Å². The van der Waals surface area contributed by atoms with Gasteiger partial charge in [-0.2, -0.15) is 0 Å². The van der Waals surface area contributed by atoms with Crippen molar-refractivity contribution in [2.75, 3.05) is 6.54 Å². The van der Waals surface area contributed by atoms with Gasteiger partial charge < -0.3 is 10.1 Å². The van der Waals surface area contributed by atoms with Crippen LogP contribution in [0.15, 0.2) is 0 Å². The zero-order valence-corrected chi connectivity index (χ0v) is 15.6. The summed E-state index contributed by atoms with van der Waals surface area (Å²) in [6, 6.07) is -0.463. The standard InChI is InChI=1S/C19H30N2O4/c1-13-9-18(2,3)12-19(10-13)16(23)21(17(24)20-19)11-15(22)25-14-7-5-4-6-8-14/h13-14H,4-12H2,1-3H3,(H,20,24)/t13-,19-/m0/s1. The highest BCUT2D eigenvalue weighted by Gasteiger charge is 2.56. The van der Waals surface area contributed by atoms with Crippen LogP contribution in [0.4, 0.5) is 4.79 Å². The van der Waals surface area contributed by atoms with Crippen LogP contribution in [-0.4, -0.2) is 41.0 Å². The highest BCUT2D eigenvalue weighted by atomic mass is 16.5. The van der Waals surface area contributed by atoms with Gasteiger partial charge in [0.25, 0.3) is 5.91 Å². The molecule has 3 aliphatic rings. The van der Waals surface area contributed by atoms with Gasteiger partial charge in [-0.25, -0.2) is 4.79 Å². The Balaban J connectivity index is 1.66. The zero-order valence-electron chi connectivity index (χ0n) is 15.6. The third kappa shape index (κ3) is 3.82. The molecule has 2 aliphatic carbocycles. The molecule has 140 valence electrons. The lowest BCUT2D eigenvalue weighted by Crippen LogP contribution is -2.54. The molecule has 6 heteroatoms. The topological polar surface area (TPSA) is 75.7 Å². The van der Waals surface area contributed by atoms with E-state index < -0.39 is 17.5 Å². The number of nitrogens with one attached hydrogen (secondary N) is 1. The van der Waals surface area contributed by atoms with Gasteiger partial charge >= 0.3 is 12.0 Å². The number of amides is 3. The molecule has 0 aromatic heterocycles. The van der Waals surface area contributed by atoms with Gasteiger partial charge in [-0.1, -0.05) is 27.2 Å². The molecule has 6 nitrogen and oxygen atoms in total. The lowest BCUT2D eigenvalue weighted by Gasteiger charge is -2.43. The first-order valence-corrected chi connectivity index (χ1v) is 9.54. The van der Waals surface area contributed by atoms with Crippen molar-refractivity contribution < 1.29 is 19.1 Å². The van der Waals surface area contributed by atoms with E-state index in [1.807, 2.05) is 0 Å². The van der Waals surface area contributed by atoms with Crippen LogP contribution in [0, 0.1) is 11.3 Å². The Kier molecular flexibility index (Phi) is 4.82. The van der Waals surface area contributed by atoms with E-state index >= 15 is 0 Å². The summed E-state index contributed by atoms with van der Waals surface area (Å²) < 4.78 is 5.47. The Morgan fingerprint density at radius 2 is 1.88 bits per heavy atom. The lowest BCUT2D eigenvalue weighted by molar-refractivity contribution is -0.154. The summed E-state index contributed by atoms with van der Waals surface area (Å²) in [5.41, 5.74) is -0.872. The van der Waals surface area contributed by atoms with Crippen molar-refractivity contribution in [3.63, 3.8) is 0 Å². The quantitative estimate of drug-likeness (QED) is 0.627. The Morgan fingerprint density at radius 1 is 1.20 bits per heavy atom. The Morgan fingerprint density at radius 3 is 2.52 bits per heavy atom. The molecule has 25 heavy (non-hydrogen) atoms. The normalized spacial score (nSPS) is 32.8. The fraction of sp³-hybridized carbons (Fsp3) is 0.842. The largest absolute Gasteiger partial charge is 0.461 e. The number of ether oxygens (including phenoxy) is 1. The van der Waals surface area contributed by atoms with Crippen molar-refractivity contribution in [1.29, 1.82) is 0 Å². The molecule has 1 aliphatic heterocycles. The van der Waals surface area contributed by atoms with Crippen LogP contribution in [0.2, 0.25) is 0 Å². The molecule has 0 bridgehead atoms. The fourth-order valence-electron chi connectivity index (χ4n) is 5.18. The summed E-state index contributed by atoms with van der Waals surface area (Å²) in [6.07, 6.45) is 7.28. The molecule has 3 rings (SSSR count). The summed E-state index contributed by atoms with van der Waals surface area (Å²) in [6.45, 7) is 6.09. The predicted octanol–water partition coefficient (Wildman–Crippen LogP) is 3.00. The first-order chi connectivity index (χ1) is 11.7. The molecular weight excluding hydrogens is 320 g/mol. The van der Waals surface area contributed by atoms with Gasteiger partial charge in [0.05, 0.1) is 0 Å². The summed E-state index contributed by atoms with van der Waals surface area (Å²) in [4.78, 5) is 38.7. The third-order valence-corrected chi connectivity index (χ3v) is 5.76. The minimum absolute atomic E-state index is 0.0147. The van der Waals surface area contributed by atoms with Gasteiger partial charge in [0.15, 0.2) is 0 Å². The number of urea groups is 1. The van der Waals surface area contributed by atoms with E-state index in [2.05, 4.69) is 26.1 Å². The number of carbonyl (C=O) groups is 3. The number of esters is 1. The Labute approximate surface area is 149 Å². The number of hydrogen-bond donors (Lipinski definition) is 1. The molecule has 1 saturated heterocycles. The molecule has 1 spiro atoms. The van der Waals surface area contributed by atoms with E-state index in [-0.39, 0.29) is 24.0 Å². The second-order valence-corrected chi connectivity index (χ2v) is 9.01. The molecule has 1 N–H and O–H groups in total. The van der Waals surface area contributed by atoms with Crippen LogP contribution in [0.25, 0.3) is 0 Å². The maximum Gasteiger partial charge on any atom is 0.326 e. The first kappa shape index (κ1) is 18.2. The highest BCUT2D eigenvalue weighted by molar-refractivity contribution is 6.08. The van der Waals surface area contributed by atoms with Gasteiger partial charge in [0.2, 0.25) is 0 Å². The van der Waals surface area contributed by atoms with Crippen LogP contribution in [0.5, 0.6) is 0 Å². The van der Waals surface area contributed by atoms with Crippen LogP contribution in [-0.2, 0) is 14.3 Å². The van der Waals surface area contributed by atoms with Crippen molar-refractivity contribution in [3.8, 4) is 0 Å². The number of carbonyl (C=O) groups excluding carboxylic acids is 3. The van der Waals surface area contributed by atoms with E-state index in [9.17, 15) is 14.4 Å². The van der Waals surface area contributed by atoms with Crippen molar-refractivity contribution in [2.45, 2.75) is 83.8 Å². The van der Waals surface area contributed by atoms with Crippen molar-refractivity contribution in [2.24, 2.45) is 11.3 Å². The minimum atomic E-state index is -0.858. The molecule has 2 atom stereocenters. The minimum Gasteiger partial charge on any atom is -0.461 e.